The molecule has 0 N–H and O–H groups in total. The lowest BCUT2D eigenvalue weighted by molar-refractivity contribution is 0.350. The summed E-state index contributed by atoms with van der Waals surface area (Å²) < 4.78 is 27.4. The van der Waals surface area contributed by atoms with Gasteiger partial charge in [-0.2, -0.15) is 0 Å². The summed E-state index contributed by atoms with van der Waals surface area (Å²) in [6.07, 6.45) is 0. The fourth-order valence-corrected chi connectivity index (χ4v) is 5.87. The van der Waals surface area contributed by atoms with Gasteiger partial charge in [0.1, 0.15) is 0 Å². The summed E-state index contributed by atoms with van der Waals surface area (Å²) in [5, 5.41) is 0. The Morgan fingerprint density at radius 3 is 1.24 bits per heavy atom. The summed E-state index contributed by atoms with van der Waals surface area (Å²) in [4.78, 5) is 0. The number of hydrogen-bond acceptors (Lipinski definition) is 7. The Morgan fingerprint density at radius 2 is 1.06 bits per heavy atom. The summed E-state index contributed by atoms with van der Waals surface area (Å²) in [6.45, 7) is 5.53. The zero-order valence-electron chi connectivity index (χ0n) is 9.17. The van der Waals surface area contributed by atoms with Gasteiger partial charge in [0.2, 0.25) is 0 Å². The molecule has 3 atom stereocenters. The second-order valence-electron chi connectivity index (χ2n) is 2.59. The standard InChI is InChI=1S/C6H12Br3O4PS3/c1-4(7)15-11-14(10,12-16-5(2)8)13-17-6(3)9/h4-6H,1-3H3. The topological polar surface area (TPSA) is 44.8 Å². The molecule has 0 amide bonds. The molecule has 0 spiro atoms. The van der Waals surface area contributed by atoms with E-state index in [1.807, 2.05) is 20.8 Å². The van der Waals surface area contributed by atoms with Gasteiger partial charge in [0, 0.05) is 36.1 Å². The van der Waals surface area contributed by atoms with Crippen molar-refractivity contribution in [1.29, 1.82) is 0 Å². The molecule has 104 valence electrons. The first-order valence-corrected chi connectivity index (χ1v) is 10.9. The average Bonchev–Trinajstić information content (AvgIpc) is 2.21. The lowest BCUT2D eigenvalue weighted by Gasteiger charge is -2.16. The van der Waals surface area contributed by atoms with Crippen LogP contribution in [0.4, 0.5) is 0 Å². The van der Waals surface area contributed by atoms with E-state index < -0.39 is 7.82 Å². The molecule has 0 aliphatic heterocycles. The average molecular weight is 515 g/mol. The maximum atomic E-state index is 12.1. The molecule has 0 aromatic rings. The smallest absolute Gasteiger partial charge is 0.225 e. The summed E-state index contributed by atoms with van der Waals surface area (Å²) in [6, 6.07) is 0. The van der Waals surface area contributed by atoms with E-state index in [9.17, 15) is 4.57 Å². The minimum atomic E-state index is -3.58. The number of phosphoric acid groups is 1. The van der Waals surface area contributed by atoms with Crippen LogP contribution in [-0.2, 0) is 16.5 Å². The van der Waals surface area contributed by atoms with Gasteiger partial charge < -0.3 is 0 Å². The minimum absolute atomic E-state index is 0.0131. The molecule has 0 fully saturated rings. The second-order valence-corrected chi connectivity index (χ2v) is 13.9. The predicted molar refractivity (Wildman–Crippen MR) is 88.8 cm³/mol. The molecule has 0 heterocycles. The van der Waals surface area contributed by atoms with Crippen molar-refractivity contribution in [3.8, 4) is 0 Å². The normalized spacial score (nSPS) is 20.6. The maximum Gasteiger partial charge on any atom is 0.508 e. The second kappa shape index (κ2) is 10.3. The molecule has 4 nitrogen and oxygen atoms in total. The molecule has 0 saturated heterocycles. The minimum Gasteiger partial charge on any atom is -0.225 e. The van der Waals surface area contributed by atoms with Crippen LogP contribution < -0.4 is 0 Å². The zero-order chi connectivity index (χ0) is 13.5. The van der Waals surface area contributed by atoms with E-state index in [1.54, 1.807) is 0 Å². The highest BCUT2D eigenvalue weighted by Crippen LogP contribution is 2.60. The van der Waals surface area contributed by atoms with Crippen LogP contribution in [0, 0.1) is 0 Å². The summed E-state index contributed by atoms with van der Waals surface area (Å²) in [7, 11) is -3.58. The van der Waals surface area contributed by atoms with Gasteiger partial charge in [-0.25, -0.2) is 16.5 Å². The highest BCUT2D eigenvalue weighted by molar-refractivity contribution is 9.11. The van der Waals surface area contributed by atoms with Gasteiger partial charge >= 0.3 is 7.82 Å². The number of halogens is 3. The third kappa shape index (κ3) is 12.1. The van der Waals surface area contributed by atoms with Gasteiger partial charge in [0.15, 0.2) is 0 Å². The highest BCUT2D eigenvalue weighted by atomic mass is 79.9. The van der Waals surface area contributed by atoms with Crippen molar-refractivity contribution in [1.82, 2.24) is 0 Å². The van der Waals surface area contributed by atoms with Crippen molar-refractivity contribution in [3.63, 3.8) is 0 Å². The SMILES string of the molecule is CC(Br)SOP(=O)(OSC(C)Br)OSC(C)Br. The highest BCUT2D eigenvalue weighted by Gasteiger charge is 2.31. The fourth-order valence-electron chi connectivity index (χ4n) is 0.373. The number of hydrogen-bond donors (Lipinski definition) is 0. The molecule has 0 aliphatic carbocycles. The van der Waals surface area contributed by atoms with E-state index in [4.69, 9.17) is 11.9 Å². The third-order valence-corrected chi connectivity index (χ3v) is 6.19. The molecule has 0 bridgehead atoms. The Kier molecular flexibility index (Phi) is 11.9. The van der Waals surface area contributed by atoms with E-state index in [0.29, 0.717) is 0 Å². The zero-order valence-corrected chi connectivity index (χ0v) is 17.3. The quantitative estimate of drug-likeness (QED) is 0.203. The van der Waals surface area contributed by atoms with Crippen molar-refractivity contribution in [2.24, 2.45) is 0 Å². The van der Waals surface area contributed by atoms with Crippen LogP contribution >= 0.6 is 91.7 Å². The maximum absolute atomic E-state index is 12.1. The summed E-state index contributed by atoms with van der Waals surface area (Å²) in [5.41, 5.74) is 0. The van der Waals surface area contributed by atoms with Gasteiger partial charge in [-0.1, -0.05) is 47.8 Å². The van der Waals surface area contributed by atoms with Crippen LogP contribution in [0.25, 0.3) is 0 Å². The first kappa shape index (κ1) is 19.6. The molecule has 11 heteroatoms. The molecule has 0 aliphatic rings. The molecule has 0 rings (SSSR count). The van der Waals surface area contributed by atoms with Gasteiger partial charge in [0.25, 0.3) is 0 Å². The molecular formula is C6H12Br3O4PS3. The van der Waals surface area contributed by atoms with Crippen LogP contribution in [-0.4, -0.2) is 12.5 Å². The lowest BCUT2D eigenvalue weighted by atomic mass is 11.0. The van der Waals surface area contributed by atoms with Crippen molar-refractivity contribution in [3.05, 3.63) is 0 Å². The van der Waals surface area contributed by atoms with E-state index in [-0.39, 0.29) is 12.5 Å². The Bertz CT molecular complexity index is 219. The first-order chi connectivity index (χ1) is 7.75. The summed E-state index contributed by atoms with van der Waals surface area (Å²) >= 11 is 12.7. The monoisotopic (exact) mass is 512 g/mol. The van der Waals surface area contributed by atoms with Gasteiger partial charge in [-0.3, -0.25) is 0 Å². The first-order valence-electron chi connectivity index (χ1n) is 4.32. The molecular weight excluding hydrogens is 503 g/mol. The van der Waals surface area contributed by atoms with Crippen molar-refractivity contribution in [2.45, 2.75) is 33.2 Å². The van der Waals surface area contributed by atoms with E-state index in [0.717, 1.165) is 36.1 Å². The van der Waals surface area contributed by atoms with Crippen LogP contribution in [0.1, 0.15) is 20.8 Å². The van der Waals surface area contributed by atoms with E-state index in [1.165, 1.54) is 0 Å². The van der Waals surface area contributed by atoms with E-state index in [2.05, 4.69) is 47.8 Å². The Labute approximate surface area is 140 Å². The van der Waals surface area contributed by atoms with E-state index >= 15 is 0 Å². The molecule has 3 unspecified atom stereocenters. The molecule has 17 heavy (non-hydrogen) atoms. The van der Waals surface area contributed by atoms with Crippen molar-refractivity contribution >= 4 is 91.7 Å². The Hall–Kier alpha value is 2.60. The molecule has 0 aromatic heterocycles. The van der Waals surface area contributed by atoms with Gasteiger partial charge in [-0.15, -0.1) is 0 Å². The van der Waals surface area contributed by atoms with Crippen LogP contribution in [0.2, 0.25) is 0 Å². The van der Waals surface area contributed by atoms with Gasteiger partial charge in [0.05, 0.1) is 12.5 Å². The number of rotatable bonds is 9. The largest absolute Gasteiger partial charge is 0.508 e. The summed E-state index contributed by atoms with van der Waals surface area (Å²) in [5.74, 6) is 0. The number of alkyl halides is 3. The van der Waals surface area contributed by atoms with Crippen molar-refractivity contribution in [2.75, 3.05) is 0 Å². The predicted octanol–water partition coefficient (Wildman–Crippen LogP) is 6.31. The third-order valence-electron chi connectivity index (χ3n) is 0.801. The van der Waals surface area contributed by atoms with Gasteiger partial charge in [-0.05, 0) is 20.8 Å². The van der Waals surface area contributed by atoms with Crippen LogP contribution in [0.5, 0.6) is 0 Å². The lowest BCUT2D eigenvalue weighted by Crippen LogP contribution is -1.94. The molecule has 0 radical (unpaired) electrons. The fraction of sp³-hybridized carbons (Fsp3) is 1.00. The molecule has 0 aromatic carbocycles. The van der Waals surface area contributed by atoms with Crippen LogP contribution in [0.3, 0.4) is 0 Å². The van der Waals surface area contributed by atoms with Crippen molar-refractivity contribution < 1.29 is 16.5 Å². The van der Waals surface area contributed by atoms with Crippen LogP contribution in [0.15, 0.2) is 0 Å². The Balaban J connectivity index is 4.29. The molecule has 0 saturated carbocycles. The Morgan fingerprint density at radius 1 is 0.824 bits per heavy atom.